The molecular weight excluding hydrogens is 328 g/mol. The van der Waals surface area contributed by atoms with Gasteiger partial charge in [0.05, 0.1) is 19.5 Å². The summed E-state index contributed by atoms with van der Waals surface area (Å²) in [5.41, 5.74) is 3.25. The summed E-state index contributed by atoms with van der Waals surface area (Å²) in [4.78, 5) is 20.7. The number of aryl methyl sites for hydroxylation is 1. The fourth-order valence-electron chi connectivity index (χ4n) is 2.45. The Bertz CT molecular complexity index is 894. The third-order valence-corrected chi connectivity index (χ3v) is 3.77. The molecule has 0 radical (unpaired) electrons. The lowest BCUT2D eigenvalue weighted by Crippen LogP contribution is -2.14. The van der Waals surface area contributed by atoms with Crippen LogP contribution >= 0.6 is 0 Å². The SMILES string of the molecule is COc1cccc(NC(=O)c2cnc(NCc3cccc(C)c3)cn2)c1. The van der Waals surface area contributed by atoms with E-state index in [2.05, 4.69) is 39.7 Å². The molecule has 3 aromatic rings. The molecule has 0 spiro atoms. The summed E-state index contributed by atoms with van der Waals surface area (Å²) in [5.74, 6) is 0.963. The Kier molecular flexibility index (Phi) is 5.43. The highest BCUT2D eigenvalue weighted by molar-refractivity contribution is 6.02. The highest BCUT2D eigenvalue weighted by Crippen LogP contribution is 2.17. The van der Waals surface area contributed by atoms with E-state index in [-0.39, 0.29) is 11.6 Å². The van der Waals surface area contributed by atoms with Crippen LogP contribution in [-0.2, 0) is 6.54 Å². The number of benzene rings is 2. The molecule has 0 aliphatic heterocycles. The van der Waals surface area contributed by atoms with Gasteiger partial charge in [0.2, 0.25) is 0 Å². The van der Waals surface area contributed by atoms with Crippen molar-refractivity contribution in [3.8, 4) is 5.75 Å². The number of nitrogens with zero attached hydrogens (tertiary/aromatic N) is 2. The molecule has 1 amide bonds. The standard InChI is InChI=1S/C20H20N4O2/c1-14-5-3-6-15(9-14)11-22-19-13-21-18(12-23-19)20(25)24-16-7-4-8-17(10-16)26-2/h3-10,12-13H,11H2,1-2H3,(H,22,23)(H,24,25). The van der Waals surface area contributed by atoms with Crippen LogP contribution in [0, 0.1) is 6.92 Å². The fourth-order valence-corrected chi connectivity index (χ4v) is 2.45. The number of carbonyl (C=O) groups excluding carboxylic acids is 1. The minimum Gasteiger partial charge on any atom is -0.497 e. The number of amides is 1. The summed E-state index contributed by atoms with van der Waals surface area (Å²) in [6, 6.07) is 15.4. The number of methoxy groups -OCH3 is 1. The fraction of sp³-hybridized carbons (Fsp3) is 0.150. The molecule has 3 rings (SSSR count). The average Bonchev–Trinajstić information content (AvgIpc) is 2.67. The maximum atomic E-state index is 12.3. The van der Waals surface area contributed by atoms with Crippen LogP contribution in [0.1, 0.15) is 21.6 Å². The first-order valence-electron chi connectivity index (χ1n) is 8.21. The van der Waals surface area contributed by atoms with E-state index in [9.17, 15) is 4.79 Å². The molecule has 132 valence electrons. The number of nitrogens with one attached hydrogen (secondary N) is 2. The molecular formula is C20H20N4O2. The molecule has 1 aromatic heterocycles. The predicted octanol–water partition coefficient (Wildman–Crippen LogP) is 3.66. The molecule has 0 bridgehead atoms. The summed E-state index contributed by atoms with van der Waals surface area (Å²) in [7, 11) is 1.58. The predicted molar refractivity (Wildman–Crippen MR) is 101 cm³/mol. The second-order valence-electron chi connectivity index (χ2n) is 5.82. The Morgan fingerprint density at radius 1 is 1.08 bits per heavy atom. The third kappa shape index (κ3) is 4.57. The minimum absolute atomic E-state index is 0.244. The Morgan fingerprint density at radius 3 is 2.65 bits per heavy atom. The van der Waals surface area contributed by atoms with E-state index < -0.39 is 0 Å². The highest BCUT2D eigenvalue weighted by Gasteiger charge is 2.09. The van der Waals surface area contributed by atoms with Gasteiger partial charge in [0.15, 0.2) is 0 Å². The van der Waals surface area contributed by atoms with E-state index in [4.69, 9.17) is 4.74 Å². The van der Waals surface area contributed by atoms with Gasteiger partial charge in [0.1, 0.15) is 17.3 Å². The lowest BCUT2D eigenvalue weighted by atomic mass is 10.1. The lowest BCUT2D eigenvalue weighted by molar-refractivity contribution is 0.102. The van der Waals surface area contributed by atoms with Gasteiger partial charge in [0.25, 0.3) is 5.91 Å². The second kappa shape index (κ2) is 8.11. The van der Waals surface area contributed by atoms with Crippen molar-refractivity contribution in [3.63, 3.8) is 0 Å². The molecule has 1 heterocycles. The van der Waals surface area contributed by atoms with Crippen molar-refractivity contribution < 1.29 is 9.53 Å². The molecule has 0 aliphatic rings. The Labute approximate surface area is 152 Å². The summed E-state index contributed by atoms with van der Waals surface area (Å²) in [6.07, 6.45) is 3.00. The van der Waals surface area contributed by atoms with Crippen LogP contribution in [0.5, 0.6) is 5.75 Å². The van der Waals surface area contributed by atoms with Crippen LogP contribution < -0.4 is 15.4 Å². The van der Waals surface area contributed by atoms with Gasteiger partial charge in [-0.3, -0.25) is 4.79 Å². The van der Waals surface area contributed by atoms with Gasteiger partial charge in [-0.05, 0) is 24.6 Å². The highest BCUT2D eigenvalue weighted by atomic mass is 16.5. The van der Waals surface area contributed by atoms with Gasteiger partial charge in [-0.1, -0.05) is 35.9 Å². The average molecular weight is 348 g/mol. The zero-order valence-electron chi connectivity index (χ0n) is 14.7. The zero-order valence-corrected chi connectivity index (χ0v) is 14.7. The molecule has 26 heavy (non-hydrogen) atoms. The largest absolute Gasteiger partial charge is 0.497 e. The Balaban J connectivity index is 1.60. The van der Waals surface area contributed by atoms with Gasteiger partial charge < -0.3 is 15.4 Å². The summed E-state index contributed by atoms with van der Waals surface area (Å²) < 4.78 is 5.14. The molecule has 0 saturated carbocycles. The van der Waals surface area contributed by atoms with E-state index in [1.165, 1.54) is 11.8 Å². The van der Waals surface area contributed by atoms with Gasteiger partial charge in [-0.25, -0.2) is 9.97 Å². The first-order valence-corrected chi connectivity index (χ1v) is 8.21. The van der Waals surface area contributed by atoms with Crippen LogP contribution in [0.3, 0.4) is 0 Å². The van der Waals surface area contributed by atoms with Crippen molar-refractivity contribution in [2.24, 2.45) is 0 Å². The molecule has 2 N–H and O–H groups in total. The number of hydrogen-bond acceptors (Lipinski definition) is 5. The quantitative estimate of drug-likeness (QED) is 0.711. The van der Waals surface area contributed by atoms with E-state index in [0.717, 1.165) is 5.56 Å². The van der Waals surface area contributed by atoms with E-state index in [0.29, 0.717) is 23.8 Å². The van der Waals surface area contributed by atoms with Crippen molar-refractivity contribution in [1.29, 1.82) is 0 Å². The van der Waals surface area contributed by atoms with Crippen molar-refractivity contribution in [1.82, 2.24) is 9.97 Å². The summed E-state index contributed by atoms with van der Waals surface area (Å²) in [5, 5.41) is 5.97. The van der Waals surface area contributed by atoms with Crippen molar-refractivity contribution in [3.05, 3.63) is 77.7 Å². The number of ether oxygens (including phenoxy) is 1. The molecule has 2 aromatic carbocycles. The van der Waals surface area contributed by atoms with Gasteiger partial charge >= 0.3 is 0 Å². The first-order chi connectivity index (χ1) is 12.6. The lowest BCUT2D eigenvalue weighted by Gasteiger charge is -2.08. The van der Waals surface area contributed by atoms with E-state index in [1.807, 2.05) is 18.2 Å². The molecule has 0 aliphatic carbocycles. The van der Waals surface area contributed by atoms with Gasteiger partial charge in [-0.15, -0.1) is 0 Å². The van der Waals surface area contributed by atoms with Crippen LogP contribution in [0.25, 0.3) is 0 Å². The molecule has 6 nitrogen and oxygen atoms in total. The molecule has 0 atom stereocenters. The van der Waals surface area contributed by atoms with Crippen LogP contribution in [0.4, 0.5) is 11.5 Å². The van der Waals surface area contributed by atoms with Crippen LogP contribution in [0.2, 0.25) is 0 Å². The monoisotopic (exact) mass is 348 g/mol. The van der Waals surface area contributed by atoms with Crippen LogP contribution in [0.15, 0.2) is 60.9 Å². The third-order valence-electron chi connectivity index (χ3n) is 3.77. The maximum absolute atomic E-state index is 12.3. The zero-order chi connectivity index (χ0) is 18.4. The first kappa shape index (κ1) is 17.4. The maximum Gasteiger partial charge on any atom is 0.275 e. The molecule has 0 saturated heterocycles. The van der Waals surface area contributed by atoms with Crippen molar-refractivity contribution in [2.45, 2.75) is 13.5 Å². The Morgan fingerprint density at radius 2 is 1.92 bits per heavy atom. The van der Waals surface area contributed by atoms with Crippen molar-refractivity contribution >= 4 is 17.4 Å². The topological polar surface area (TPSA) is 76.1 Å². The summed E-state index contributed by atoms with van der Waals surface area (Å²) in [6.45, 7) is 2.70. The van der Waals surface area contributed by atoms with Gasteiger partial charge in [-0.2, -0.15) is 0 Å². The number of rotatable bonds is 6. The molecule has 6 heteroatoms. The second-order valence-corrected chi connectivity index (χ2v) is 5.82. The Hall–Kier alpha value is -3.41. The smallest absolute Gasteiger partial charge is 0.275 e. The summed E-state index contributed by atoms with van der Waals surface area (Å²) >= 11 is 0. The number of anilines is 2. The number of hydrogen-bond donors (Lipinski definition) is 2. The molecule has 0 unspecified atom stereocenters. The molecule has 0 fully saturated rings. The van der Waals surface area contributed by atoms with Crippen molar-refractivity contribution in [2.75, 3.05) is 17.7 Å². The number of aromatic nitrogens is 2. The van der Waals surface area contributed by atoms with E-state index in [1.54, 1.807) is 31.5 Å². The van der Waals surface area contributed by atoms with E-state index >= 15 is 0 Å². The van der Waals surface area contributed by atoms with Gasteiger partial charge in [0, 0.05) is 18.3 Å². The normalized spacial score (nSPS) is 10.2. The van der Waals surface area contributed by atoms with Crippen LogP contribution in [-0.4, -0.2) is 23.0 Å². The minimum atomic E-state index is -0.323. The number of carbonyl (C=O) groups is 1.